The van der Waals surface area contributed by atoms with Crippen molar-refractivity contribution in [2.75, 3.05) is 5.32 Å². The summed E-state index contributed by atoms with van der Waals surface area (Å²) in [6.07, 6.45) is 8.74. The summed E-state index contributed by atoms with van der Waals surface area (Å²) in [5, 5.41) is 3.04. The number of anilines is 1. The Balaban J connectivity index is 2.12. The molecule has 1 aromatic rings. The van der Waals surface area contributed by atoms with Crippen molar-refractivity contribution in [2.45, 2.75) is 46.0 Å². The summed E-state index contributed by atoms with van der Waals surface area (Å²) >= 11 is 3.38. The van der Waals surface area contributed by atoms with E-state index in [1.54, 1.807) is 12.4 Å². The summed E-state index contributed by atoms with van der Waals surface area (Å²) in [5.74, 6) is 0.711. The molecule has 1 saturated carbocycles. The van der Waals surface area contributed by atoms with Crippen LogP contribution in [0.1, 0.15) is 46.0 Å². The molecule has 1 fully saturated rings. The van der Waals surface area contributed by atoms with E-state index in [9.17, 15) is 4.79 Å². The van der Waals surface area contributed by atoms with Crippen LogP contribution in [-0.4, -0.2) is 10.9 Å². The maximum atomic E-state index is 12.6. The van der Waals surface area contributed by atoms with Crippen LogP contribution in [0.5, 0.6) is 0 Å². The molecule has 3 nitrogen and oxygen atoms in total. The van der Waals surface area contributed by atoms with Crippen LogP contribution in [0.15, 0.2) is 22.9 Å². The second-order valence-electron chi connectivity index (χ2n) is 5.93. The fraction of sp³-hybridized carbons (Fsp3) is 0.600. The standard InChI is InChI=1S/C15H21BrN2O/c1-11(2)8-15(5-3-4-6-15)14(19)18-13-7-12(16)9-17-10-13/h7,9-11H,3-6,8H2,1-2H3,(H,18,19). The van der Waals surface area contributed by atoms with E-state index >= 15 is 0 Å². The van der Waals surface area contributed by atoms with Gasteiger partial charge in [0, 0.05) is 16.1 Å². The van der Waals surface area contributed by atoms with Gasteiger partial charge in [-0.05, 0) is 47.2 Å². The molecule has 0 aromatic carbocycles. The van der Waals surface area contributed by atoms with Crippen molar-refractivity contribution < 1.29 is 4.79 Å². The molecule has 19 heavy (non-hydrogen) atoms. The van der Waals surface area contributed by atoms with Gasteiger partial charge < -0.3 is 5.32 Å². The number of hydrogen-bond acceptors (Lipinski definition) is 2. The lowest BCUT2D eigenvalue weighted by Gasteiger charge is -2.29. The van der Waals surface area contributed by atoms with Gasteiger partial charge >= 0.3 is 0 Å². The highest BCUT2D eigenvalue weighted by Crippen LogP contribution is 2.44. The molecule has 1 aliphatic rings. The third-order valence-corrected chi connectivity index (χ3v) is 4.24. The van der Waals surface area contributed by atoms with E-state index in [1.165, 1.54) is 0 Å². The number of carbonyl (C=O) groups excluding carboxylic acids is 1. The van der Waals surface area contributed by atoms with Crippen LogP contribution in [0.25, 0.3) is 0 Å². The van der Waals surface area contributed by atoms with Crippen molar-refractivity contribution in [3.05, 3.63) is 22.9 Å². The molecule has 1 amide bonds. The summed E-state index contributed by atoms with van der Waals surface area (Å²) in [4.78, 5) is 16.7. The van der Waals surface area contributed by atoms with E-state index in [0.29, 0.717) is 5.92 Å². The largest absolute Gasteiger partial charge is 0.324 e. The molecule has 0 bridgehead atoms. The Kier molecular flexibility index (Phi) is 4.61. The topological polar surface area (TPSA) is 42.0 Å². The molecule has 4 heteroatoms. The van der Waals surface area contributed by atoms with E-state index in [2.05, 4.69) is 40.1 Å². The van der Waals surface area contributed by atoms with Crippen molar-refractivity contribution in [1.29, 1.82) is 0 Å². The highest BCUT2D eigenvalue weighted by molar-refractivity contribution is 9.10. The molecule has 0 spiro atoms. The molecule has 0 aliphatic heterocycles. The van der Waals surface area contributed by atoms with E-state index < -0.39 is 0 Å². The zero-order valence-electron chi connectivity index (χ0n) is 11.6. The predicted molar refractivity (Wildman–Crippen MR) is 80.9 cm³/mol. The van der Waals surface area contributed by atoms with Gasteiger partial charge in [-0.1, -0.05) is 26.7 Å². The second-order valence-corrected chi connectivity index (χ2v) is 6.85. The molecule has 0 unspecified atom stereocenters. The highest BCUT2D eigenvalue weighted by atomic mass is 79.9. The minimum Gasteiger partial charge on any atom is -0.324 e. The number of halogens is 1. The first-order valence-electron chi connectivity index (χ1n) is 6.94. The van der Waals surface area contributed by atoms with Crippen molar-refractivity contribution >= 4 is 27.5 Å². The maximum Gasteiger partial charge on any atom is 0.230 e. The van der Waals surface area contributed by atoms with Crippen LogP contribution in [-0.2, 0) is 4.79 Å². The highest BCUT2D eigenvalue weighted by Gasteiger charge is 2.41. The Morgan fingerprint density at radius 1 is 1.42 bits per heavy atom. The molecule has 0 saturated heterocycles. The van der Waals surface area contributed by atoms with Gasteiger partial charge in [-0.25, -0.2) is 0 Å². The smallest absolute Gasteiger partial charge is 0.230 e. The molecule has 1 aromatic heterocycles. The molecule has 1 aliphatic carbocycles. The third kappa shape index (κ3) is 3.56. The van der Waals surface area contributed by atoms with Gasteiger partial charge in [0.1, 0.15) is 0 Å². The summed E-state index contributed by atoms with van der Waals surface area (Å²) in [7, 11) is 0. The predicted octanol–water partition coefficient (Wildman–Crippen LogP) is 4.39. The van der Waals surface area contributed by atoms with Crippen molar-refractivity contribution in [1.82, 2.24) is 4.98 Å². The number of hydrogen-bond donors (Lipinski definition) is 1. The Bertz CT molecular complexity index is 453. The molecular weight excluding hydrogens is 304 g/mol. The summed E-state index contributed by atoms with van der Waals surface area (Å²) in [6.45, 7) is 4.38. The second kappa shape index (κ2) is 6.04. The van der Waals surface area contributed by atoms with Gasteiger partial charge in [0.15, 0.2) is 0 Å². The first-order valence-corrected chi connectivity index (χ1v) is 7.73. The SMILES string of the molecule is CC(C)CC1(C(=O)Nc2cncc(Br)c2)CCCC1. The molecule has 0 radical (unpaired) electrons. The van der Waals surface area contributed by atoms with Crippen LogP contribution in [0.2, 0.25) is 0 Å². The summed E-state index contributed by atoms with van der Waals surface area (Å²) in [5.41, 5.74) is 0.602. The Hall–Kier alpha value is -0.900. The van der Waals surface area contributed by atoms with Crippen LogP contribution in [0, 0.1) is 11.3 Å². The minimum absolute atomic E-state index is 0.165. The molecule has 1 N–H and O–H groups in total. The van der Waals surface area contributed by atoms with Gasteiger partial charge in [-0.2, -0.15) is 0 Å². The van der Waals surface area contributed by atoms with Crippen molar-refractivity contribution in [2.24, 2.45) is 11.3 Å². The van der Waals surface area contributed by atoms with Crippen LogP contribution >= 0.6 is 15.9 Å². The van der Waals surface area contributed by atoms with Crippen LogP contribution in [0.4, 0.5) is 5.69 Å². The zero-order chi connectivity index (χ0) is 13.9. The quantitative estimate of drug-likeness (QED) is 0.892. The van der Waals surface area contributed by atoms with Gasteiger partial charge in [-0.15, -0.1) is 0 Å². The molecule has 1 heterocycles. The zero-order valence-corrected chi connectivity index (χ0v) is 13.2. The summed E-state index contributed by atoms with van der Waals surface area (Å²) in [6, 6.07) is 1.89. The van der Waals surface area contributed by atoms with Gasteiger partial charge in [-0.3, -0.25) is 9.78 Å². The van der Waals surface area contributed by atoms with E-state index in [-0.39, 0.29) is 11.3 Å². The van der Waals surface area contributed by atoms with Crippen LogP contribution in [0.3, 0.4) is 0 Å². The van der Waals surface area contributed by atoms with E-state index in [1.807, 2.05) is 6.07 Å². The number of rotatable bonds is 4. The lowest BCUT2D eigenvalue weighted by atomic mass is 9.77. The third-order valence-electron chi connectivity index (χ3n) is 3.80. The molecular formula is C15H21BrN2O. The van der Waals surface area contributed by atoms with E-state index in [4.69, 9.17) is 0 Å². The van der Waals surface area contributed by atoms with Crippen molar-refractivity contribution in [3.63, 3.8) is 0 Å². The van der Waals surface area contributed by atoms with Gasteiger partial charge in [0.2, 0.25) is 5.91 Å². The lowest BCUT2D eigenvalue weighted by molar-refractivity contribution is -0.126. The maximum absolute atomic E-state index is 12.6. The van der Waals surface area contributed by atoms with E-state index in [0.717, 1.165) is 42.3 Å². The minimum atomic E-state index is -0.170. The fourth-order valence-electron chi connectivity index (χ4n) is 3.10. The fourth-order valence-corrected chi connectivity index (χ4v) is 3.47. The van der Waals surface area contributed by atoms with Gasteiger partial charge in [0.25, 0.3) is 0 Å². The normalized spacial score (nSPS) is 17.7. The van der Waals surface area contributed by atoms with Gasteiger partial charge in [0.05, 0.1) is 11.9 Å². The Morgan fingerprint density at radius 3 is 2.68 bits per heavy atom. The van der Waals surface area contributed by atoms with Crippen molar-refractivity contribution in [3.8, 4) is 0 Å². The first kappa shape index (κ1) is 14.5. The summed E-state index contributed by atoms with van der Waals surface area (Å²) < 4.78 is 0.884. The lowest BCUT2D eigenvalue weighted by Crippen LogP contribution is -2.35. The average Bonchev–Trinajstić information content (AvgIpc) is 2.78. The Labute approximate surface area is 123 Å². The number of nitrogens with one attached hydrogen (secondary N) is 1. The Morgan fingerprint density at radius 2 is 2.11 bits per heavy atom. The molecule has 0 atom stereocenters. The number of carbonyl (C=O) groups is 1. The molecule has 104 valence electrons. The first-order chi connectivity index (χ1) is 9.02. The monoisotopic (exact) mass is 324 g/mol. The number of aromatic nitrogens is 1. The molecule has 2 rings (SSSR count). The number of nitrogens with zero attached hydrogens (tertiary/aromatic N) is 1. The number of amides is 1. The van der Waals surface area contributed by atoms with Crippen LogP contribution < -0.4 is 5.32 Å². The average molecular weight is 325 g/mol. The number of pyridine rings is 1.